The number of ether oxygens (including phenoxy) is 6. The average Bonchev–Trinajstić information content (AvgIpc) is 3.90. The van der Waals surface area contributed by atoms with Crippen LogP contribution >= 0.6 is 21.6 Å². The molecule has 4 aliphatic heterocycles. The molecule has 3 N–H and O–H groups in total. The molecule has 4 heterocycles. The normalized spacial score (nSPS) is 16.6. The SMILES string of the molecule is COCCOCCOCCN(CC(C)(C)SSCCC(=O)NN)c1cc(COc2cc3c(cc2C)C(=O)N2c4ccccc4C[C@H]2CC3)cc(COc2cc3c(cc2OC)C(=O)N2c4ccccc4C[C@H]2CC3)c1. The van der Waals surface area contributed by atoms with E-state index in [1.54, 1.807) is 35.8 Å². The number of hydrogen-bond donors (Lipinski definition) is 2. The molecule has 0 spiro atoms. The monoisotopic (exact) mass is 1040 g/mol. The Morgan fingerprint density at radius 2 is 1.28 bits per heavy atom. The van der Waals surface area contributed by atoms with E-state index >= 15 is 0 Å². The molecule has 74 heavy (non-hydrogen) atoms. The Labute approximate surface area is 443 Å². The fraction of sp³-hybridized carbons (Fsp3) is 0.431. The third kappa shape index (κ3) is 12.3. The van der Waals surface area contributed by atoms with Gasteiger partial charge < -0.3 is 43.1 Å². The molecule has 0 saturated heterocycles. The van der Waals surface area contributed by atoms with Crippen LogP contribution in [-0.2, 0) is 57.9 Å². The van der Waals surface area contributed by atoms with E-state index in [4.69, 9.17) is 34.3 Å². The van der Waals surface area contributed by atoms with Crippen molar-refractivity contribution in [3.05, 3.63) is 141 Å². The second-order valence-corrected chi connectivity index (χ2v) is 23.2. The number of nitrogens with one attached hydrogen (secondary N) is 1. The number of benzene rings is 5. The van der Waals surface area contributed by atoms with E-state index in [0.717, 1.165) is 94.7 Å². The van der Waals surface area contributed by atoms with E-state index in [1.165, 1.54) is 11.1 Å². The number of carbonyl (C=O) groups excluding carboxylic acids is 3. The second-order valence-electron chi connectivity index (χ2n) is 20.0. The van der Waals surface area contributed by atoms with Gasteiger partial charge in [-0.15, -0.1) is 0 Å². The number of nitrogens with two attached hydrogens (primary N) is 1. The molecule has 2 atom stereocenters. The minimum absolute atomic E-state index is 0.0136. The molecular weight excluding hydrogens is 975 g/mol. The van der Waals surface area contributed by atoms with Gasteiger partial charge in [-0.2, -0.15) is 0 Å². The number of methoxy groups -OCH3 is 2. The first kappa shape index (κ1) is 53.1. The summed E-state index contributed by atoms with van der Waals surface area (Å²) in [6.45, 7) is 10.5. The number of nitrogens with zero attached hydrogens (tertiary/aromatic N) is 3. The Bertz CT molecular complexity index is 2830. The van der Waals surface area contributed by atoms with Gasteiger partial charge in [0.05, 0.1) is 40.1 Å². The molecule has 14 nitrogen and oxygen atoms in total. The predicted octanol–water partition coefficient (Wildman–Crippen LogP) is 9.22. The van der Waals surface area contributed by atoms with Gasteiger partial charge in [-0.05, 0) is 153 Å². The molecule has 16 heteroatoms. The largest absolute Gasteiger partial charge is 0.493 e. The number of aryl methyl sites for hydroxylation is 3. The summed E-state index contributed by atoms with van der Waals surface area (Å²) in [6, 6.07) is 31.0. The zero-order chi connectivity index (χ0) is 51.8. The minimum atomic E-state index is -0.256. The van der Waals surface area contributed by atoms with Crippen LogP contribution in [0.5, 0.6) is 17.2 Å². The van der Waals surface area contributed by atoms with Crippen LogP contribution in [0.3, 0.4) is 0 Å². The molecule has 9 rings (SSSR count). The predicted molar refractivity (Wildman–Crippen MR) is 294 cm³/mol. The van der Waals surface area contributed by atoms with Gasteiger partial charge in [0.15, 0.2) is 11.5 Å². The lowest BCUT2D eigenvalue weighted by molar-refractivity contribution is -0.120. The highest BCUT2D eigenvalue weighted by Crippen LogP contribution is 2.43. The maximum absolute atomic E-state index is 14.3. The Balaban J connectivity index is 0.990. The molecule has 0 saturated carbocycles. The van der Waals surface area contributed by atoms with Crippen molar-refractivity contribution in [1.29, 1.82) is 0 Å². The lowest BCUT2D eigenvalue weighted by Crippen LogP contribution is -2.38. The fourth-order valence-corrected chi connectivity index (χ4v) is 13.2. The molecule has 0 fully saturated rings. The summed E-state index contributed by atoms with van der Waals surface area (Å²) in [7, 11) is 6.64. The molecule has 0 unspecified atom stereocenters. The second kappa shape index (κ2) is 24.3. The van der Waals surface area contributed by atoms with Crippen LogP contribution in [0.4, 0.5) is 17.1 Å². The first-order valence-corrected chi connectivity index (χ1v) is 28.0. The van der Waals surface area contributed by atoms with Gasteiger partial charge in [0.2, 0.25) is 5.91 Å². The van der Waals surface area contributed by atoms with Gasteiger partial charge in [0.25, 0.3) is 11.8 Å². The van der Waals surface area contributed by atoms with E-state index < -0.39 is 0 Å². The molecule has 0 bridgehead atoms. The van der Waals surface area contributed by atoms with Crippen LogP contribution in [0, 0.1) is 6.92 Å². The lowest BCUT2D eigenvalue weighted by Gasteiger charge is -2.34. The highest BCUT2D eigenvalue weighted by molar-refractivity contribution is 8.77. The number of rotatable bonds is 24. The maximum Gasteiger partial charge on any atom is 0.258 e. The van der Waals surface area contributed by atoms with Gasteiger partial charge in [0.1, 0.15) is 19.0 Å². The Morgan fingerprint density at radius 1 is 0.716 bits per heavy atom. The topological polar surface area (TPSA) is 154 Å². The summed E-state index contributed by atoms with van der Waals surface area (Å²) >= 11 is 0. The summed E-state index contributed by atoms with van der Waals surface area (Å²) in [6.07, 6.45) is 5.26. The van der Waals surface area contributed by atoms with E-state index in [1.807, 2.05) is 65.3 Å². The van der Waals surface area contributed by atoms with Crippen LogP contribution < -0.4 is 40.2 Å². The number of hydrazine groups is 1. The molecule has 0 radical (unpaired) electrons. The smallest absolute Gasteiger partial charge is 0.258 e. The fourth-order valence-electron chi connectivity index (χ4n) is 10.7. The number of hydrogen-bond acceptors (Lipinski definition) is 13. The average molecular weight is 1040 g/mol. The molecule has 5 aromatic rings. The highest BCUT2D eigenvalue weighted by Gasteiger charge is 2.39. The van der Waals surface area contributed by atoms with Gasteiger partial charge in [-0.25, -0.2) is 5.84 Å². The quantitative estimate of drug-likeness (QED) is 0.0199. The summed E-state index contributed by atoms with van der Waals surface area (Å²) in [5, 5.41) is 0. The lowest BCUT2D eigenvalue weighted by atomic mass is 9.98. The van der Waals surface area contributed by atoms with Crippen molar-refractivity contribution in [3.63, 3.8) is 0 Å². The number of para-hydroxylation sites is 2. The molecule has 0 aliphatic carbocycles. The highest BCUT2D eigenvalue weighted by atomic mass is 33.1. The van der Waals surface area contributed by atoms with Gasteiger partial charge in [-0.3, -0.25) is 19.8 Å². The van der Waals surface area contributed by atoms with E-state index in [9.17, 15) is 14.4 Å². The minimum Gasteiger partial charge on any atom is -0.493 e. The maximum atomic E-state index is 14.3. The van der Waals surface area contributed by atoms with Gasteiger partial charge in [0, 0.05) is 77.4 Å². The van der Waals surface area contributed by atoms with E-state index in [2.05, 4.69) is 66.6 Å². The summed E-state index contributed by atoms with van der Waals surface area (Å²) in [5.41, 5.74) is 13.7. The zero-order valence-corrected chi connectivity index (χ0v) is 44.9. The summed E-state index contributed by atoms with van der Waals surface area (Å²) in [5.74, 6) is 7.62. The molecule has 3 amide bonds. The summed E-state index contributed by atoms with van der Waals surface area (Å²) < 4.78 is 36.1. The molecular formula is C58H69N5O9S2. The third-order valence-electron chi connectivity index (χ3n) is 14.3. The van der Waals surface area contributed by atoms with Crippen LogP contribution in [-0.4, -0.2) is 101 Å². The van der Waals surface area contributed by atoms with Crippen molar-refractivity contribution >= 4 is 56.4 Å². The molecule has 392 valence electrons. The summed E-state index contributed by atoms with van der Waals surface area (Å²) in [4.78, 5) is 46.7. The van der Waals surface area contributed by atoms with Crippen LogP contribution in [0.25, 0.3) is 0 Å². The van der Waals surface area contributed by atoms with Crippen molar-refractivity contribution in [1.82, 2.24) is 5.43 Å². The molecule has 4 aliphatic rings. The Hall–Kier alpha value is -5.75. The molecule has 5 aromatic carbocycles. The number of anilines is 3. The van der Waals surface area contributed by atoms with Crippen LogP contribution in [0.2, 0.25) is 0 Å². The number of fused-ring (bicyclic) bond motifs is 8. The van der Waals surface area contributed by atoms with Crippen LogP contribution in [0.1, 0.15) is 92.8 Å². The third-order valence-corrected chi connectivity index (χ3v) is 17.5. The van der Waals surface area contributed by atoms with Gasteiger partial charge in [-0.1, -0.05) is 58.0 Å². The van der Waals surface area contributed by atoms with Crippen molar-refractivity contribution in [2.75, 3.05) is 80.8 Å². The number of carbonyl (C=O) groups is 3. The number of amides is 3. The van der Waals surface area contributed by atoms with Crippen LogP contribution in [0.15, 0.2) is 91.0 Å². The van der Waals surface area contributed by atoms with Crippen molar-refractivity contribution in [3.8, 4) is 17.2 Å². The standard InChI is InChI=1S/C58H69N5O9S2/c1-38-26-48-41(14-16-45-30-43-10-6-8-12-50(43)62(45)56(48)65)32-52(38)71-35-39-27-40(29-47(28-39)61(19-20-69-23-24-70-22-21-67-4)37-58(2,3)74-73-25-18-55(64)60-59)36-72-54-33-42-15-17-46-31-44-11-7-9-13-51(44)63(46)57(66)49(42)34-53(54)68-5/h6-13,26-29,32-34,45-46H,14-25,30-31,35-37,59H2,1-5H3,(H,60,64)/t45-,46-/m1/s1. The first-order chi connectivity index (χ1) is 35.9. The van der Waals surface area contributed by atoms with Gasteiger partial charge >= 0.3 is 0 Å². The van der Waals surface area contributed by atoms with Crippen molar-refractivity contribution in [2.24, 2.45) is 5.84 Å². The van der Waals surface area contributed by atoms with Crippen molar-refractivity contribution in [2.45, 2.75) is 95.8 Å². The Kier molecular flexibility index (Phi) is 17.4. The van der Waals surface area contributed by atoms with E-state index in [0.29, 0.717) is 75.4 Å². The van der Waals surface area contributed by atoms with Crippen molar-refractivity contribution < 1.29 is 42.8 Å². The van der Waals surface area contributed by atoms with E-state index in [-0.39, 0.29) is 47.8 Å². The zero-order valence-electron chi connectivity index (χ0n) is 43.2. The Morgan fingerprint density at radius 3 is 1.89 bits per heavy atom. The molecule has 0 aromatic heterocycles. The first-order valence-electron chi connectivity index (χ1n) is 25.7.